The van der Waals surface area contributed by atoms with Crippen molar-refractivity contribution in [2.45, 2.75) is 23.6 Å². The van der Waals surface area contributed by atoms with E-state index in [1.165, 1.54) is 6.07 Å². The number of primary amides is 1. The third kappa shape index (κ3) is 2.68. The van der Waals surface area contributed by atoms with Crippen LogP contribution in [-0.4, -0.2) is 19.3 Å². The Morgan fingerprint density at radius 1 is 1.08 bits per heavy atom. The smallest absolute Gasteiger partial charge is 0.266 e. The second-order valence-electron chi connectivity index (χ2n) is 5.71. The number of aromatic amines is 1. The molecule has 1 aromatic heterocycles. The first-order valence-corrected chi connectivity index (χ1v) is 9.00. The summed E-state index contributed by atoms with van der Waals surface area (Å²) in [6, 6.07) is 9.74. The molecule has 0 radical (unpaired) electrons. The topological polar surface area (TPSA) is 93.0 Å². The highest BCUT2D eigenvalue weighted by Crippen LogP contribution is 2.33. The molecule has 0 aliphatic carbocycles. The van der Waals surface area contributed by atoms with E-state index in [2.05, 4.69) is 4.98 Å². The monoisotopic (exact) mass is 362 g/mol. The number of nitrogens with two attached hydrogens (primary N) is 1. The van der Waals surface area contributed by atoms with Crippen molar-refractivity contribution in [1.29, 1.82) is 0 Å². The van der Waals surface area contributed by atoms with Crippen LogP contribution in [0, 0.1) is 13.8 Å². The molecule has 0 bridgehead atoms. The molecule has 3 N–H and O–H groups in total. The maximum Gasteiger partial charge on any atom is 0.266 e. The standard InChI is InChI=1S/C17H15ClN2O3S/c1-9-5-10(2)7-12(6-9)24(22,23)16-13-8-11(18)3-4-14(13)20-15(16)17(19)21/h3-8,20H,1-2H3,(H2,19,21). The van der Waals surface area contributed by atoms with Gasteiger partial charge in [-0.25, -0.2) is 8.42 Å². The zero-order chi connectivity index (χ0) is 17.6. The van der Waals surface area contributed by atoms with Crippen LogP contribution in [0.2, 0.25) is 5.02 Å². The Morgan fingerprint density at radius 3 is 2.29 bits per heavy atom. The number of halogens is 1. The molecule has 0 unspecified atom stereocenters. The van der Waals surface area contributed by atoms with Crippen LogP contribution >= 0.6 is 11.6 Å². The Hall–Kier alpha value is -2.31. The van der Waals surface area contributed by atoms with Crippen molar-refractivity contribution in [2.24, 2.45) is 5.73 Å². The van der Waals surface area contributed by atoms with Gasteiger partial charge >= 0.3 is 0 Å². The van der Waals surface area contributed by atoms with Gasteiger partial charge in [-0.1, -0.05) is 17.7 Å². The molecule has 5 nitrogen and oxygen atoms in total. The highest BCUT2D eigenvalue weighted by molar-refractivity contribution is 7.91. The average Bonchev–Trinajstić information content (AvgIpc) is 2.85. The lowest BCUT2D eigenvalue weighted by atomic mass is 10.2. The second kappa shape index (κ2) is 5.65. The SMILES string of the molecule is Cc1cc(C)cc(S(=O)(=O)c2c(C(N)=O)[nH]c3ccc(Cl)cc23)c1. The lowest BCUT2D eigenvalue weighted by Crippen LogP contribution is -2.16. The summed E-state index contributed by atoms with van der Waals surface area (Å²) < 4.78 is 26.4. The molecule has 24 heavy (non-hydrogen) atoms. The number of fused-ring (bicyclic) bond motifs is 1. The van der Waals surface area contributed by atoms with Crippen LogP contribution in [0.4, 0.5) is 0 Å². The molecular formula is C17H15ClN2O3S. The van der Waals surface area contributed by atoms with E-state index in [9.17, 15) is 13.2 Å². The summed E-state index contributed by atoms with van der Waals surface area (Å²) in [6.45, 7) is 3.63. The van der Waals surface area contributed by atoms with E-state index >= 15 is 0 Å². The molecule has 0 fully saturated rings. The maximum atomic E-state index is 13.2. The van der Waals surface area contributed by atoms with Crippen LogP contribution in [0.1, 0.15) is 21.6 Å². The van der Waals surface area contributed by atoms with Gasteiger partial charge in [0.25, 0.3) is 5.91 Å². The molecule has 124 valence electrons. The van der Waals surface area contributed by atoms with Gasteiger partial charge in [-0.3, -0.25) is 4.79 Å². The Bertz CT molecular complexity index is 1060. The van der Waals surface area contributed by atoms with Gasteiger partial charge in [0.1, 0.15) is 10.6 Å². The predicted molar refractivity (Wildman–Crippen MR) is 93.2 cm³/mol. The van der Waals surface area contributed by atoms with Gasteiger partial charge in [0.05, 0.1) is 4.90 Å². The van der Waals surface area contributed by atoms with Crippen LogP contribution in [0.25, 0.3) is 10.9 Å². The summed E-state index contributed by atoms with van der Waals surface area (Å²) in [5.41, 5.74) is 7.34. The minimum absolute atomic E-state index is 0.114. The molecule has 1 heterocycles. The fourth-order valence-corrected chi connectivity index (χ4v) is 4.77. The minimum atomic E-state index is -3.95. The lowest BCUT2D eigenvalue weighted by molar-refractivity contribution is 0.0993. The van der Waals surface area contributed by atoms with Crippen molar-refractivity contribution in [2.75, 3.05) is 0 Å². The highest BCUT2D eigenvalue weighted by atomic mass is 35.5. The van der Waals surface area contributed by atoms with Gasteiger partial charge in [0, 0.05) is 15.9 Å². The molecule has 2 aromatic carbocycles. The number of rotatable bonds is 3. The molecule has 0 spiro atoms. The molecular weight excluding hydrogens is 348 g/mol. The fourth-order valence-electron chi connectivity index (χ4n) is 2.80. The van der Waals surface area contributed by atoms with Gasteiger partial charge in [-0.2, -0.15) is 0 Å². The molecule has 0 aliphatic heterocycles. The Balaban J connectivity index is 2.40. The summed E-state index contributed by atoms with van der Waals surface area (Å²) in [5, 5.41) is 0.713. The van der Waals surface area contributed by atoms with Crippen molar-refractivity contribution >= 4 is 38.2 Å². The van der Waals surface area contributed by atoms with Crippen LogP contribution in [-0.2, 0) is 9.84 Å². The summed E-state index contributed by atoms with van der Waals surface area (Å²) >= 11 is 6.00. The highest BCUT2D eigenvalue weighted by Gasteiger charge is 2.29. The van der Waals surface area contributed by atoms with Gasteiger partial charge < -0.3 is 10.7 Å². The molecule has 0 saturated carbocycles. The normalized spacial score (nSPS) is 11.8. The van der Waals surface area contributed by atoms with E-state index < -0.39 is 15.7 Å². The number of amides is 1. The number of nitrogens with one attached hydrogen (secondary N) is 1. The average molecular weight is 363 g/mol. The molecule has 0 aliphatic rings. The number of hydrogen-bond donors (Lipinski definition) is 2. The third-order valence-electron chi connectivity index (χ3n) is 3.73. The third-order valence-corrected chi connectivity index (χ3v) is 5.79. The van der Waals surface area contributed by atoms with Gasteiger partial charge in [0.2, 0.25) is 9.84 Å². The molecule has 1 amide bonds. The zero-order valence-electron chi connectivity index (χ0n) is 13.1. The number of H-pyrrole nitrogens is 1. The minimum Gasteiger partial charge on any atom is -0.364 e. The van der Waals surface area contributed by atoms with E-state index in [1.807, 2.05) is 19.9 Å². The number of aromatic nitrogens is 1. The first-order valence-electron chi connectivity index (χ1n) is 7.14. The first-order chi connectivity index (χ1) is 11.2. The molecule has 3 aromatic rings. The number of carbonyl (C=O) groups excluding carboxylic acids is 1. The summed E-state index contributed by atoms with van der Waals surface area (Å²) in [7, 11) is -3.95. The Kier molecular flexibility index (Phi) is 3.89. The van der Waals surface area contributed by atoms with Crippen LogP contribution in [0.3, 0.4) is 0 Å². The number of benzene rings is 2. The van der Waals surface area contributed by atoms with Crippen molar-refractivity contribution in [3.8, 4) is 0 Å². The number of carbonyl (C=O) groups is 1. The zero-order valence-corrected chi connectivity index (χ0v) is 14.6. The summed E-state index contributed by atoms with van der Waals surface area (Å²) in [5.74, 6) is -0.842. The Morgan fingerprint density at radius 2 is 1.71 bits per heavy atom. The predicted octanol–water partition coefficient (Wildman–Crippen LogP) is 3.37. The van der Waals surface area contributed by atoms with Crippen molar-refractivity contribution in [3.05, 3.63) is 58.2 Å². The maximum absolute atomic E-state index is 13.2. The van der Waals surface area contributed by atoms with E-state index in [1.54, 1.807) is 24.3 Å². The van der Waals surface area contributed by atoms with Gasteiger partial charge in [-0.05, 0) is 55.3 Å². The van der Waals surface area contributed by atoms with E-state index in [0.717, 1.165) is 11.1 Å². The fraction of sp³-hybridized carbons (Fsp3) is 0.118. The largest absolute Gasteiger partial charge is 0.364 e. The summed E-state index contributed by atoms with van der Waals surface area (Å²) in [4.78, 5) is 14.5. The quantitative estimate of drug-likeness (QED) is 0.748. The molecule has 7 heteroatoms. The van der Waals surface area contributed by atoms with E-state index in [-0.39, 0.29) is 15.5 Å². The Labute approximate surface area is 144 Å². The van der Waals surface area contributed by atoms with E-state index in [4.69, 9.17) is 17.3 Å². The van der Waals surface area contributed by atoms with Crippen molar-refractivity contribution < 1.29 is 13.2 Å². The van der Waals surface area contributed by atoms with Crippen LogP contribution in [0.5, 0.6) is 0 Å². The second-order valence-corrected chi connectivity index (χ2v) is 8.03. The van der Waals surface area contributed by atoms with E-state index in [0.29, 0.717) is 15.9 Å². The molecule has 0 saturated heterocycles. The molecule has 0 atom stereocenters. The van der Waals surface area contributed by atoms with Crippen LogP contribution in [0.15, 0.2) is 46.2 Å². The van der Waals surface area contributed by atoms with Gasteiger partial charge in [0.15, 0.2) is 0 Å². The van der Waals surface area contributed by atoms with Crippen molar-refractivity contribution in [3.63, 3.8) is 0 Å². The first kappa shape index (κ1) is 16.5. The number of hydrogen-bond acceptors (Lipinski definition) is 3. The van der Waals surface area contributed by atoms with Crippen LogP contribution < -0.4 is 5.73 Å². The number of sulfone groups is 1. The lowest BCUT2D eigenvalue weighted by Gasteiger charge is -2.08. The van der Waals surface area contributed by atoms with Gasteiger partial charge in [-0.15, -0.1) is 0 Å². The summed E-state index contributed by atoms with van der Waals surface area (Å²) in [6.07, 6.45) is 0. The van der Waals surface area contributed by atoms with Crippen molar-refractivity contribution in [1.82, 2.24) is 4.98 Å². The molecule has 3 rings (SSSR count). The number of aryl methyl sites for hydroxylation is 2.